The van der Waals surface area contributed by atoms with Crippen molar-refractivity contribution in [3.05, 3.63) is 52.9 Å². The average molecular weight is 464 g/mol. The van der Waals surface area contributed by atoms with Gasteiger partial charge in [-0.15, -0.1) is 0 Å². The Morgan fingerprint density at radius 2 is 1.36 bits per heavy atom. The molecule has 0 aliphatic carbocycles. The summed E-state index contributed by atoms with van der Waals surface area (Å²) in [6.07, 6.45) is -4.33. The molecule has 0 saturated heterocycles. The zero-order chi connectivity index (χ0) is 29.2. The van der Waals surface area contributed by atoms with Crippen LogP contribution in [0.4, 0.5) is 0 Å². The molecule has 2 atom stereocenters. The van der Waals surface area contributed by atoms with Crippen LogP contribution in [0, 0.1) is 0 Å². The van der Waals surface area contributed by atoms with Crippen LogP contribution >= 0.6 is 0 Å². The van der Waals surface area contributed by atoms with Crippen LogP contribution in [0.3, 0.4) is 0 Å². The average Bonchev–Trinajstić information content (AvgIpc) is 2.91. The highest BCUT2D eigenvalue weighted by Crippen LogP contribution is 2.46. The standard InChI is InChI=1S/C22H18O11/c23-10-5-12(24)11-7-18(33-22(31)9-3-15(27)20(30)16(28)4-9)21(32-17(11)6-10)8-1-13(25)19(29)14(26)2-8/h1-6,18,21,23-30H,7H2/t18-,21-/m1/s1/i1D,2D,3D,4D,5D,6D. The molecule has 1 aliphatic rings. The Balaban J connectivity index is 1.93. The van der Waals surface area contributed by atoms with Crippen molar-refractivity contribution < 1.29 is 63.3 Å². The lowest BCUT2D eigenvalue weighted by atomic mass is 9.93. The van der Waals surface area contributed by atoms with Gasteiger partial charge in [-0.25, -0.2) is 4.79 Å². The molecule has 0 unspecified atom stereocenters. The number of carbonyl (C=O) groups excluding carboxylic acids is 1. The number of benzene rings is 3. The number of phenols is 8. The molecule has 1 aliphatic heterocycles. The Hall–Kier alpha value is -4.67. The fourth-order valence-corrected chi connectivity index (χ4v) is 3.11. The number of phenolic OH excluding ortho intramolecular Hbond substituents is 8. The molecule has 8 N–H and O–H groups in total. The predicted molar refractivity (Wildman–Crippen MR) is 109 cm³/mol. The van der Waals surface area contributed by atoms with Gasteiger partial charge in [-0.3, -0.25) is 0 Å². The normalized spacial score (nSPS) is 19.6. The van der Waals surface area contributed by atoms with E-state index in [0.29, 0.717) is 0 Å². The molecule has 0 saturated carbocycles. The number of carbonyl (C=O) groups is 1. The number of hydrogen-bond donors (Lipinski definition) is 8. The number of hydrogen-bond acceptors (Lipinski definition) is 11. The molecule has 0 amide bonds. The number of esters is 1. The summed E-state index contributed by atoms with van der Waals surface area (Å²) in [4.78, 5) is 13.1. The Morgan fingerprint density at radius 3 is 1.94 bits per heavy atom. The molecule has 0 aromatic heterocycles. The van der Waals surface area contributed by atoms with Crippen molar-refractivity contribution in [3.63, 3.8) is 0 Å². The van der Waals surface area contributed by atoms with Gasteiger partial charge in [0.2, 0.25) is 0 Å². The maximum atomic E-state index is 13.1. The van der Waals surface area contributed by atoms with E-state index >= 15 is 0 Å². The molecule has 33 heavy (non-hydrogen) atoms. The summed E-state index contributed by atoms with van der Waals surface area (Å²) in [5.41, 5.74) is -2.10. The van der Waals surface area contributed by atoms with Crippen LogP contribution < -0.4 is 4.74 Å². The second kappa shape index (κ2) is 7.79. The highest BCUT2D eigenvalue weighted by Gasteiger charge is 2.37. The van der Waals surface area contributed by atoms with Gasteiger partial charge in [0.05, 0.1) is 13.8 Å². The van der Waals surface area contributed by atoms with E-state index in [1.54, 1.807) is 0 Å². The summed E-state index contributed by atoms with van der Waals surface area (Å²) in [6.45, 7) is 0. The molecule has 1 heterocycles. The quantitative estimate of drug-likeness (QED) is 0.209. The molecule has 11 heteroatoms. The molecule has 3 aromatic rings. The summed E-state index contributed by atoms with van der Waals surface area (Å²) in [6, 6.07) is -5.91. The van der Waals surface area contributed by atoms with E-state index in [1.165, 1.54) is 0 Å². The first-order valence-electron chi connectivity index (χ1n) is 12.0. The Morgan fingerprint density at radius 1 is 0.818 bits per heavy atom. The van der Waals surface area contributed by atoms with Crippen LogP contribution in [0.2, 0.25) is 0 Å². The van der Waals surface area contributed by atoms with Gasteiger partial charge >= 0.3 is 5.97 Å². The minimum absolute atomic E-state index is 0.351. The summed E-state index contributed by atoms with van der Waals surface area (Å²) in [7, 11) is 0. The summed E-state index contributed by atoms with van der Waals surface area (Å²) >= 11 is 0. The van der Waals surface area contributed by atoms with Gasteiger partial charge in [0.15, 0.2) is 40.6 Å². The molecule has 0 bridgehead atoms. The summed E-state index contributed by atoms with van der Waals surface area (Å²) in [5.74, 6) is -11.5. The number of rotatable bonds is 3. The van der Waals surface area contributed by atoms with Gasteiger partial charge in [0.25, 0.3) is 0 Å². The van der Waals surface area contributed by atoms with Crippen molar-refractivity contribution in [1.82, 2.24) is 0 Å². The first-order valence-corrected chi connectivity index (χ1v) is 9.01. The monoisotopic (exact) mass is 464 g/mol. The zero-order valence-electron chi connectivity index (χ0n) is 22.2. The van der Waals surface area contributed by atoms with Crippen molar-refractivity contribution in [2.45, 2.75) is 18.6 Å². The van der Waals surface area contributed by atoms with Gasteiger partial charge in [-0.05, 0) is 24.2 Å². The third-order valence-electron chi connectivity index (χ3n) is 4.65. The van der Waals surface area contributed by atoms with Crippen molar-refractivity contribution in [2.75, 3.05) is 0 Å². The summed E-state index contributed by atoms with van der Waals surface area (Å²) in [5, 5.41) is 79.7. The van der Waals surface area contributed by atoms with E-state index in [1.807, 2.05) is 0 Å². The topological polar surface area (TPSA) is 197 Å². The van der Waals surface area contributed by atoms with E-state index in [0.717, 1.165) is 0 Å². The highest BCUT2D eigenvalue weighted by atomic mass is 16.6. The molecular formula is C22H18O11. The van der Waals surface area contributed by atoms with Crippen molar-refractivity contribution >= 4 is 5.97 Å². The minimum Gasteiger partial charge on any atom is -0.508 e. The number of ether oxygens (including phenoxy) is 2. The summed E-state index contributed by atoms with van der Waals surface area (Å²) < 4.78 is 58.8. The Bertz CT molecular complexity index is 1520. The fraction of sp³-hybridized carbons (Fsp3) is 0.136. The van der Waals surface area contributed by atoms with E-state index in [2.05, 4.69) is 0 Å². The molecule has 4 rings (SSSR count). The van der Waals surface area contributed by atoms with Crippen LogP contribution in [0.25, 0.3) is 0 Å². The lowest BCUT2D eigenvalue weighted by Crippen LogP contribution is -2.34. The second-order valence-electron chi connectivity index (χ2n) is 6.82. The first kappa shape index (κ1) is 15.2. The van der Waals surface area contributed by atoms with Gasteiger partial charge in [0, 0.05) is 29.6 Å². The largest absolute Gasteiger partial charge is 0.508 e. The number of fused-ring (bicyclic) bond motifs is 1. The van der Waals surface area contributed by atoms with E-state index < -0.39 is 124 Å². The predicted octanol–water partition coefficient (Wildman–Crippen LogP) is 2.23. The molecule has 172 valence electrons. The maximum Gasteiger partial charge on any atom is 0.338 e. The van der Waals surface area contributed by atoms with Crippen LogP contribution in [-0.4, -0.2) is 52.9 Å². The van der Waals surface area contributed by atoms with E-state index in [4.69, 9.17) is 17.7 Å². The van der Waals surface area contributed by atoms with Crippen LogP contribution in [0.15, 0.2) is 36.3 Å². The Labute approximate surface area is 193 Å². The zero-order valence-corrected chi connectivity index (χ0v) is 16.2. The highest BCUT2D eigenvalue weighted by molar-refractivity contribution is 5.91. The molecule has 11 nitrogen and oxygen atoms in total. The van der Waals surface area contributed by atoms with Crippen LogP contribution in [0.5, 0.6) is 51.7 Å². The van der Waals surface area contributed by atoms with Crippen LogP contribution in [-0.2, 0) is 11.2 Å². The van der Waals surface area contributed by atoms with Crippen molar-refractivity contribution in [2.24, 2.45) is 0 Å². The van der Waals surface area contributed by atoms with Gasteiger partial charge in [-0.2, -0.15) is 0 Å². The number of aromatic hydroxyl groups is 8. The smallest absolute Gasteiger partial charge is 0.338 e. The van der Waals surface area contributed by atoms with Gasteiger partial charge < -0.3 is 50.3 Å². The van der Waals surface area contributed by atoms with Gasteiger partial charge in [-0.1, -0.05) is 0 Å². The third kappa shape index (κ3) is 3.87. The van der Waals surface area contributed by atoms with E-state index in [-0.39, 0.29) is 5.56 Å². The van der Waals surface area contributed by atoms with Gasteiger partial charge in [0.1, 0.15) is 23.4 Å². The lowest BCUT2D eigenvalue weighted by Gasteiger charge is -2.34. The van der Waals surface area contributed by atoms with Crippen LogP contribution in [0.1, 0.15) is 35.8 Å². The lowest BCUT2D eigenvalue weighted by molar-refractivity contribution is -0.0189. The molecule has 0 spiro atoms. The third-order valence-corrected chi connectivity index (χ3v) is 4.65. The second-order valence-corrected chi connectivity index (χ2v) is 6.82. The molecule has 3 aromatic carbocycles. The molecule has 0 fully saturated rings. The Kier molecular flexibility index (Phi) is 3.58. The van der Waals surface area contributed by atoms with Crippen molar-refractivity contribution in [3.8, 4) is 51.7 Å². The molecule has 0 radical (unpaired) electrons. The molecular weight excluding hydrogens is 440 g/mol. The first-order chi connectivity index (χ1) is 18.1. The maximum absolute atomic E-state index is 13.1. The van der Waals surface area contributed by atoms with Crippen molar-refractivity contribution in [1.29, 1.82) is 0 Å². The van der Waals surface area contributed by atoms with E-state index in [9.17, 15) is 45.6 Å². The SMILES string of the molecule is [2H]c1c(O)c([2H])c2c(c1O)C[C@@H](OC(=O)c1c([2H])c(O)c(O)c(O)c1[2H])[C@@H](c1c([2H])c(O)c(O)c(O)c1[2H])O2. The fourth-order valence-electron chi connectivity index (χ4n) is 3.11. The minimum atomic E-state index is -1.89.